The molecule has 104 valence electrons. The third kappa shape index (κ3) is 2.24. The fourth-order valence-corrected chi connectivity index (χ4v) is 4.02. The smallest absolute Gasteiger partial charge is 0.121 e. The molecule has 0 radical (unpaired) electrons. The Hall–Kier alpha value is -0.440. The zero-order valence-electron chi connectivity index (χ0n) is 11.1. The lowest BCUT2D eigenvalue weighted by molar-refractivity contribution is -0.0736. The molecule has 0 aromatic heterocycles. The van der Waals surface area contributed by atoms with Crippen LogP contribution in [0.5, 0.6) is 5.75 Å². The molecule has 19 heavy (non-hydrogen) atoms. The first-order chi connectivity index (χ1) is 9.15. The molecule has 1 aromatic carbocycles. The number of benzene rings is 1. The van der Waals surface area contributed by atoms with Gasteiger partial charge in [0.2, 0.25) is 0 Å². The van der Waals surface area contributed by atoms with Crippen LogP contribution < -0.4 is 10.1 Å². The Morgan fingerprint density at radius 3 is 2.58 bits per heavy atom. The van der Waals surface area contributed by atoms with Gasteiger partial charge in [-0.15, -0.1) is 0 Å². The van der Waals surface area contributed by atoms with E-state index in [1.54, 1.807) is 6.07 Å². The van der Waals surface area contributed by atoms with Crippen molar-refractivity contribution in [3.8, 4) is 5.75 Å². The number of halogens is 2. The van der Waals surface area contributed by atoms with Crippen molar-refractivity contribution in [2.75, 3.05) is 7.05 Å². The second-order valence-corrected chi connectivity index (χ2v) is 6.51. The molecule has 3 rings (SSSR count). The number of rotatable bonds is 3. The second-order valence-electron chi connectivity index (χ2n) is 5.70. The van der Waals surface area contributed by atoms with Gasteiger partial charge in [-0.05, 0) is 32.0 Å². The minimum absolute atomic E-state index is 0.310. The van der Waals surface area contributed by atoms with Crippen molar-refractivity contribution in [2.24, 2.45) is 5.41 Å². The number of nitrogens with one attached hydrogen (secondary N) is 1. The van der Waals surface area contributed by atoms with Gasteiger partial charge in [0.15, 0.2) is 0 Å². The average Bonchev–Trinajstić information content (AvgIpc) is 2.90. The molecule has 2 unspecified atom stereocenters. The highest BCUT2D eigenvalue weighted by atomic mass is 35.5. The highest BCUT2D eigenvalue weighted by Gasteiger charge is 2.56. The highest BCUT2D eigenvalue weighted by Crippen LogP contribution is 2.54. The summed E-state index contributed by atoms with van der Waals surface area (Å²) in [5.41, 5.74) is 0.334. The molecule has 2 aliphatic rings. The third-order valence-electron chi connectivity index (χ3n) is 4.84. The molecule has 0 amide bonds. The molecule has 0 bridgehead atoms. The minimum atomic E-state index is 0.310. The van der Waals surface area contributed by atoms with Gasteiger partial charge < -0.3 is 10.1 Å². The molecule has 0 aliphatic heterocycles. The normalized spacial score (nSPS) is 28.4. The molecular formula is C15H19Cl2NO. The van der Waals surface area contributed by atoms with E-state index in [9.17, 15) is 0 Å². The second kappa shape index (κ2) is 5.16. The van der Waals surface area contributed by atoms with Gasteiger partial charge in [0.1, 0.15) is 11.9 Å². The summed E-state index contributed by atoms with van der Waals surface area (Å²) < 4.78 is 6.17. The summed E-state index contributed by atoms with van der Waals surface area (Å²) in [7, 11) is 2.06. The van der Waals surface area contributed by atoms with E-state index in [0.717, 1.165) is 12.2 Å². The van der Waals surface area contributed by atoms with Crippen LogP contribution in [0.1, 0.15) is 32.1 Å². The Morgan fingerprint density at radius 1 is 1.21 bits per heavy atom. The molecule has 1 N–H and O–H groups in total. The van der Waals surface area contributed by atoms with Crippen LogP contribution in [0.15, 0.2) is 18.2 Å². The van der Waals surface area contributed by atoms with Gasteiger partial charge in [0, 0.05) is 23.9 Å². The van der Waals surface area contributed by atoms with Crippen LogP contribution in [-0.2, 0) is 0 Å². The van der Waals surface area contributed by atoms with E-state index in [1.165, 1.54) is 25.7 Å². The summed E-state index contributed by atoms with van der Waals surface area (Å²) >= 11 is 12.0. The topological polar surface area (TPSA) is 21.3 Å². The zero-order valence-corrected chi connectivity index (χ0v) is 12.6. The Morgan fingerprint density at radius 2 is 1.95 bits per heavy atom. The van der Waals surface area contributed by atoms with Gasteiger partial charge in [0.05, 0.1) is 10.0 Å². The summed E-state index contributed by atoms with van der Waals surface area (Å²) in [4.78, 5) is 0. The van der Waals surface area contributed by atoms with Crippen molar-refractivity contribution in [1.29, 1.82) is 0 Å². The van der Waals surface area contributed by atoms with Crippen LogP contribution in [0.2, 0.25) is 10.0 Å². The van der Waals surface area contributed by atoms with Gasteiger partial charge in [-0.25, -0.2) is 0 Å². The number of hydrogen-bond donors (Lipinski definition) is 1. The Bertz CT molecular complexity index is 471. The van der Waals surface area contributed by atoms with E-state index in [4.69, 9.17) is 27.9 Å². The molecule has 0 saturated heterocycles. The highest BCUT2D eigenvalue weighted by molar-refractivity contribution is 6.42. The molecule has 4 heteroatoms. The molecule has 0 heterocycles. The number of ether oxygens (including phenoxy) is 1. The first-order valence-corrected chi connectivity index (χ1v) is 7.70. The van der Waals surface area contributed by atoms with Gasteiger partial charge in [-0.1, -0.05) is 36.0 Å². The predicted molar refractivity (Wildman–Crippen MR) is 79.2 cm³/mol. The van der Waals surface area contributed by atoms with Crippen molar-refractivity contribution in [3.05, 3.63) is 28.2 Å². The summed E-state index contributed by atoms with van der Waals surface area (Å²) in [5, 5.41) is 4.58. The summed E-state index contributed by atoms with van der Waals surface area (Å²) in [6.45, 7) is 0. The van der Waals surface area contributed by atoms with Crippen molar-refractivity contribution >= 4 is 23.2 Å². The van der Waals surface area contributed by atoms with Crippen LogP contribution in [0.3, 0.4) is 0 Å². The van der Waals surface area contributed by atoms with Crippen molar-refractivity contribution in [1.82, 2.24) is 5.32 Å². The van der Waals surface area contributed by atoms with Crippen molar-refractivity contribution < 1.29 is 4.74 Å². The van der Waals surface area contributed by atoms with Gasteiger partial charge in [0.25, 0.3) is 0 Å². The lowest BCUT2D eigenvalue weighted by Gasteiger charge is -2.53. The van der Waals surface area contributed by atoms with Crippen LogP contribution in [0.4, 0.5) is 0 Å². The van der Waals surface area contributed by atoms with Crippen molar-refractivity contribution in [2.45, 2.75) is 44.2 Å². The van der Waals surface area contributed by atoms with Crippen LogP contribution in [-0.4, -0.2) is 19.2 Å². The SMILES string of the molecule is CNC1CC(Oc2ccc(Cl)c(Cl)c2)C12CCCC2. The third-order valence-corrected chi connectivity index (χ3v) is 5.58. The largest absolute Gasteiger partial charge is 0.490 e. The van der Waals surface area contributed by atoms with E-state index < -0.39 is 0 Å². The average molecular weight is 300 g/mol. The summed E-state index contributed by atoms with van der Waals surface area (Å²) in [6, 6.07) is 6.13. The van der Waals surface area contributed by atoms with Crippen molar-refractivity contribution in [3.63, 3.8) is 0 Å². The summed E-state index contributed by atoms with van der Waals surface area (Å²) in [5.74, 6) is 0.834. The van der Waals surface area contributed by atoms with Crippen LogP contribution in [0, 0.1) is 5.41 Å². The molecule has 2 atom stereocenters. The standard InChI is InChI=1S/C15H19Cl2NO/c1-18-13-9-14(15(13)6-2-3-7-15)19-10-4-5-11(16)12(17)8-10/h4-5,8,13-14,18H,2-3,6-7,9H2,1H3. The Kier molecular flexibility index (Phi) is 3.67. The Balaban J connectivity index is 1.75. The van der Waals surface area contributed by atoms with E-state index in [2.05, 4.69) is 12.4 Å². The van der Waals surface area contributed by atoms with E-state index in [1.807, 2.05) is 12.1 Å². The molecule has 2 fully saturated rings. The first kappa shape index (κ1) is 13.5. The predicted octanol–water partition coefficient (Wildman–Crippen LogP) is 4.29. The molecule has 1 aromatic rings. The maximum absolute atomic E-state index is 6.17. The molecule has 1 spiro atoms. The monoisotopic (exact) mass is 299 g/mol. The van der Waals surface area contributed by atoms with E-state index >= 15 is 0 Å². The van der Waals surface area contributed by atoms with Gasteiger partial charge >= 0.3 is 0 Å². The molecular weight excluding hydrogens is 281 g/mol. The fraction of sp³-hybridized carbons (Fsp3) is 0.600. The molecule has 2 aliphatic carbocycles. The number of hydrogen-bond acceptors (Lipinski definition) is 2. The Labute approximate surface area is 124 Å². The maximum Gasteiger partial charge on any atom is 0.121 e. The first-order valence-electron chi connectivity index (χ1n) is 6.95. The van der Waals surface area contributed by atoms with E-state index in [0.29, 0.717) is 27.6 Å². The van der Waals surface area contributed by atoms with Gasteiger partial charge in [-0.3, -0.25) is 0 Å². The minimum Gasteiger partial charge on any atom is -0.490 e. The van der Waals surface area contributed by atoms with Crippen LogP contribution >= 0.6 is 23.2 Å². The van der Waals surface area contributed by atoms with Crippen LogP contribution in [0.25, 0.3) is 0 Å². The fourth-order valence-electron chi connectivity index (χ4n) is 3.74. The zero-order chi connectivity index (χ0) is 13.5. The van der Waals surface area contributed by atoms with Gasteiger partial charge in [-0.2, -0.15) is 0 Å². The maximum atomic E-state index is 6.17. The molecule has 2 nitrogen and oxygen atoms in total. The lowest BCUT2D eigenvalue weighted by Crippen LogP contribution is -2.63. The molecule has 2 saturated carbocycles. The van der Waals surface area contributed by atoms with E-state index in [-0.39, 0.29) is 0 Å². The quantitative estimate of drug-likeness (QED) is 0.899. The lowest BCUT2D eigenvalue weighted by atomic mass is 9.60. The summed E-state index contributed by atoms with van der Waals surface area (Å²) in [6.07, 6.45) is 6.56.